The SMILES string of the molecule is CC(=O)c1nnn(-c2ccc(Cl)cc2)c1N1CCC([NH+]2CCCCC2)CC1. The van der Waals surface area contributed by atoms with Gasteiger partial charge in [-0.3, -0.25) is 4.79 Å². The second-order valence-electron chi connectivity index (χ2n) is 7.69. The van der Waals surface area contributed by atoms with Gasteiger partial charge in [0.1, 0.15) is 0 Å². The van der Waals surface area contributed by atoms with Gasteiger partial charge in [0.15, 0.2) is 17.3 Å². The summed E-state index contributed by atoms with van der Waals surface area (Å²) in [6.45, 7) is 6.07. The highest BCUT2D eigenvalue weighted by molar-refractivity contribution is 6.30. The number of nitrogens with zero attached hydrogens (tertiary/aromatic N) is 4. The van der Waals surface area contributed by atoms with E-state index in [1.165, 1.54) is 32.4 Å². The van der Waals surface area contributed by atoms with E-state index in [4.69, 9.17) is 11.6 Å². The van der Waals surface area contributed by atoms with Gasteiger partial charge in [-0.05, 0) is 43.5 Å². The number of ketones is 1. The van der Waals surface area contributed by atoms with E-state index in [9.17, 15) is 4.79 Å². The number of quaternary nitrogens is 1. The monoisotopic (exact) mass is 388 g/mol. The van der Waals surface area contributed by atoms with Gasteiger partial charge in [-0.25, -0.2) is 0 Å². The molecule has 2 aliphatic heterocycles. The first-order valence-corrected chi connectivity index (χ1v) is 10.3. The Labute approximate surface area is 165 Å². The van der Waals surface area contributed by atoms with Crippen LogP contribution in [-0.4, -0.2) is 53.0 Å². The highest BCUT2D eigenvalue weighted by atomic mass is 35.5. The van der Waals surface area contributed by atoms with Gasteiger partial charge >= 0.3 is 0 Å². The summed E-state index contributed by atoms with van der Waals surface area (Å²) in [7, 11) is 0. The van der Waals surface area contributed by atoms with Gasteiger partial charge in [0.2, 0.25) is 0 Å². The maximum atomic E-state index is 12.2. The molecule has 2 aliphatic rings. The number of Topliss-reactive ketones (excluding diaryl/α,β-unsaturated/α-hetero) is 1. The second kappa shape index (κ2) is 7.98. The third-order valence-corrected chi connectivity index (χ3v) is 6.17. The van der Waals surface area contributed by atoms with Crippen molar-refractivity contribution < 1.29 is 9.69 Å². The molecule has 0 aliphatic carbocycles. The third-order valence-electron chi connectivity index (χ3n) is 5.92. The summed E-state index contributed by atoms with van der Waals surface area (Å²) in [6.07, 6.45) is 6.40. The molecule has 0 radical (unpaired) electrons. The molecule has 2 fully saturated rings. The summed E-state index contributed by atoms with van der Waals surface area (Å²) in [6, 6.07) is 8.23. The molecule has 0 atom stereocenters. The lowest BCUT2D eigenvalue weighted by Gasteiger charge is -2.38. The lowest BCUT2D eigenvalue weighted by atomic mass is 9.99. The Balaban J connectivity index is 1.56. The second-order valence-corrected chi connectivity index (χ2v) is 8.12. The molecular formula is C20H27ClN5O+. The van der Waals surface area contributed by atoms with E-state index in [1.807, 2.05) is 24.3 Å². The minimum absolute atomic E-state index is 0.0472. The first-order valence-electron chi connectivity index (χ1n) is 9.95. The maximum Gasteiger partial charge on any atom is 0.183 e. The summed E-state index contributed by atoms with van der Waals surface area (Å²) >= 11 is 6.02. The van der Waals surface area contributed by atoms with E-state index in [2.05, 4.69) is 15.2 Å². The van der Waals surface area contributed by atoms with Crippen LogP contribution in [0.3, 0.4) is 0 Å². The van der Waals surface area contributed by atoms with Crippen molar-refractivity contribution >= 4 is 23.2 Å². The van der Waals surface area contributed by atoms with Crippen molar-refractivity contribution in [3.63, 3.8) is 0 Å². The summed E-state index contributed by atoms with van der Waals surface area (Å²) in [5, 5.41) is 9.14. The van der Waals surface area contributed by atoms with E-state index < -0.39 is 0 Å². The molecule has 2 aromatic rings. The Kier molecular flexibility index (Phi) is 5.45. The van der Waals surface area contributed by atoms with Crippen LogP contribution in [0.2, 0.25) is 5.02 Å². The van der Waals surface area contributed by atoms with Crippen molar-refractivity contribution in [2.75, 3.05) is 31.1 Å². The summed E-state index contributed by atoms with van der Waals surface area (Å²) < 4.78 is 1.78. The van der Waals surface area contributed by atoms with Crippen LogP contribution >= 0.6 is 11.6 Å². The quantitative estimate of drug-likeness (QED) is 0.815. The van der Waals surface area contributed by atoms with Gasteiger partial charge in [-0.15, -0.1) is 5.10 Å². The molecule has 1 aromatic carbocycles. The van der Waals surface area contributed by atoms with Gasteiger partial charge in [0.05, 0.1) is 24.8 Å². The molecule has 144 valence electrons. The highest BCUT2D eigenvalue weighted by Crippen LogP contribution is 2.26. The zero-order chi connectivity index (χ0) is 18.8. The molecule has 0 amide bonds. The number of anilines is 1. The average Bonchev–Trinajstić information content (AvgIpc) is 3.15. The molecule has 0 spiro atoms. The first kappa shape index (κ1) is 18.4. The molecule has 6 nitrogen and oxygen atoms in total. The van der Waals surface area contributed by atoms with Crippen molar-refractivity contribution in [2.45, 2.75) is 45.1 Å². The van der Waals surface area contributed by atoms with Crippen LogP contribution in [0.4, 0.5) is 5.82 Å². The molecule has 4 rings (SSSR count). The molecule has 3 heterocycles. The van der Waals surface area contributed by atoms with Crippen molar-refractivity contribution in [1.29, 1.82) is 0 Å². The number of benzene rings is 1. The van der Waals surface area contributed by atoms with Crippen LogP contribution in [0.5, 0.6) is 0 Å². The third kappa shape index (κ3) is 3.87. The topological polar surface area (TPSA) is 55.5 Å². The number of hydrogen-bond donors (Lipinski definition) is 1. The van der Waals surface area contributed by atoms with Crippen molar-refractivity contribution in [3.8, 4) is 5.69 Å². The minimum Gasteiger partial charge on any atom is -0.354 e. The fourth-order valence-corrected chi connectivity index (χ4v) is 4.58. The summed E-state index contributed by atoms with van der Waals surface area (Å²) in [4.78, 5) is 16.2. The number of hydrogen-bond acceptors (Lipinski definition) is 4. The molecule has 2 saturated heterocycles. The van der Waals surface area contributed by atoms with Crippen molar-refractivity contribution in [3.05, 3.63) is 35.0 Å². The molecule has 1 aromatic heterocycles. The lowest BCUT2D eigenvalue weighted by Crippen LogP contribution is -3.16. The number of piperidine rings is 2. The van der Waals surface area contributed by atoms with Crippen molar-refractivity contribution in [1.82, 2.24) is 15.0 Å². The first-order chi connectivity index (χ1) is 13.1. The maximum absolute atomic E-state index is 12.2. The lowest BCUT2D eigenvalue weighted by molar-refractivity contribution is -0.930. The normalized spacial score (nSPS) is 19.4. The zero-order valence-electron chi connectivity index (χ0n) is 15.8. The fraction of sp³-hybridized carbons (Fsp3) is 0.550. The summed E-state index contributed by atoms with van der Waals surface area (Å²) in [5.74, 6) is 0.769. The van der Waals surface area contributed by atoms with Gasteiger partial charge in [0.25, 0.3) is 0 Å². The van der Waals surface area contributed by atoms with Crippen LogP contribution in [0.25, 0.3) is 5.69 Å². The Morgan fingerprint density at radius 1 is 1.11 bits per heavy atom. The number of halogens is 1. The largest absolute Gasteiger partial charge is 0.354 e. The Morgan fingerprint density at radius 3 is 2.41 bits per heavy atom. The molecule has 7 heteroatoms. The molecule has 0 saturated carbocycles. The number of likely N-dealkylation sites (tertiary alicyclic amines) is 1. The van der Waals surface area contributed by atoms with Gasteiger partial charge in [-0.2, -0.15) is 4.68 Å². The standard InChI is InChI=1S/C20H26ClN5O/c1-15(27)19-20(26(23-22-19)18-7-5-16(21)6-8-18)25-13-9-17(10-14-25)24-11-3-2-4-12-24/h5-8,17H,2-4,9-14H2,1H3/p+1. The Bertz CT molecular complexity index is 789. The van der Waals surface area contributed by atoms with Crippen LogP contribution in [0.15, 0.2) is 24.3 Å². The molecule has 0 unspecified atom stereocenters. The number of nitrogens with one attached hydrogen (secondary N) is 1. The van der Waals surface area contributed by atoms with Gasteiger partial charge < -0.3 is 9.80 Å². The van der Waals surface area contributed by atoms with Crippen molar-refractivity contribution in [2.24, 2.45) is 0 Å². The Hall–Kier alpha value is -1.92. The van der Waals surface area contributed by atoms with Crippen LogP contribution in [0, 0.1) is 0 Å². The van der Waals surface area contributed by atoms with E-state index in [1.54, 1.807) is 16.5 Å². The van der Waals surface area contributed by atoms with Crippen LogP contribution in [0.1, 0.15) is 49.5 Å². The van der Waals surface area contributed by atoms with E-state index >= 15 is 0 Å². The fourth-order valence-electron chi connectivity index (χ4n) is 4.46. The predicted octanol–water partition coefficient (Wildman–Crippen LogP) is 2.16. The smallest absolute Gasteiger partial charge is 0.183 e. The zero-order valence-corrected chi connectivity index (χ0v) is 16.6. The highest BCUT2D eigenvalue weighted by Gasteiger charge is 2.32. The van der Waals surface area contributed by atoms with Crippen LogP contribution in [-0.2, 0) is 0 Å². The molecule has 1 N–H and O–H groups in total. The van der Waals surface area contributed by atoms with Crippen LogP contribution < -0.4 is 9.80 Å². The minimum atomic E-state index is -0.0472. The summed E-state index contributed by atoms with van der Waals surface area (Å²) in [5.41, 5.74) is 1.33. The predicted molar refractivity (Wildman–Crippen MR) is 106 cm³/mol. The van der Waals surface area contributed by atoms with E-state index in [0.29, 0.717) is 10.7 Å². The number of aromatic nitrogens is 3. The Morgan fingerprint density at radius 2 is 1.78 bits per heavy atom. The average molecular weight is 389 g/mol. The number of carbonyl (C=O) groups excluding carboxylic acids is 1. The molecule has 27 heavy (non-hydrogen) atoms. The number of carbonyl (C=O) groups is 1. The van der Waals surface area contributed by atoms with E-state index in [0.717, 1.165) is 43.5 Å². The van der Waals surface area contributed by atoms with E-state index in [-0.39, 0.29) is 5.78 Å². The van der Waals surface area contributed by atoms with Gasteiger partial charge in [-0.1, -0.05) is 16.8 Å². The molecular weight excluding hydrogens is 362 g/mol. The number of rotatable bonds is 4. The molecule has 0 bridgehead atoms. The van der Waals surface area contributed by atoms with Gasteiger partial charge in [0, 0.05) is 37.9 Å².